The lowest BCUT2D eigenvalue weighted by atomic mass is 9.95. The Morgan fingerprint density at radius 3 is 2.47 bits per heavy atom. The smallest absolute Gasteiger partial charge is 0.322 e. The molecule has 4 nitrogen and oxygen atoms in total. The minimum Gasteiger partial charge on any atom is -0.322 e. The van der Waals surface area contributed by atoms with E-state index in [4.69, 9.17) is 0 Å². The number of halogens is 3. The summed E-state index contributed by atoms with van der Waals surface area (Å²) >= 11 is 0. The van der Waals surface area contributed by atoms with Crippen molar-refractivity contribution >= 4 is 11.6 Å². The van der Waals surface area contributed by atoms with E-state index < -0.39 is 11.9 Å². The molecule has 4 rings (SSSR count). The van der Waals surface area contributed by atoms with Crippen LogP contribution in [0.15, 0.2) is 48.5 Å². The van der Waals surface area contributed by atoms with Gasteiger partial charge in [-0.3, -0.25) is 4.79 Å². The van der Waals surface area contributed by atoms with Gasteiger partial charge in [0.15, 0.2) is 5.69 Å². The van der Waals surface area contributed by atoms with Crippen LogP contribution in [0.3, 0.4) is 0 Å². The van der Waals surface area contributed by atoms with Crippen molar-refractivity contribution in [3.63, 3.8) is 0 Å². The predicted molar refractivity (Wildman–Crippen MR) is 109 cm³/mol. The van der Waals surface area contributed by atoms with Crippen molar-refractivity contribution in [1.82, 2.24) is 9.78 Å². The molecule has 1 amide bonds. The summed E-state index contributed by atoms with van der Waals surface area (Å²) in [6, 6.07) is 14.1. The Balaban J connectivity index is 1.61. The van der Waals surface area contributed by atoms with E-state index in [9.17, 15) is 18.0 Å². The molecular weight excluding hydrogens is 391 g/mol. The lowest BCUT2D eigenvalue weighted by Crippen LogP contribution is -2.13. The number of para-hydroxylation sites is 1. The molecule has 2 aromatic carbocycles. The van der Waals surface area contributed by atoms with E-state index in [1.54, 1.807) is 24.3 Å². The maximum Gasteiger partial charge on any atom is 0.435 e. The van der Waals surface area contributed by atoms with Crippen molar-refractivity contribution in [2.75, 3.05) is 5.32 Å². The fourth-order valence-electron chi connectivity index (χ4n) is 3.94. The van der Waals surface area contributed by atoms with Crippen molar-refractivity contribution in [1.29, 1.82) is 0 Å². The van der Waals surface area contributed by atoms with Crippen LogP contribution in [0, 0.1) is 0 Å². The molecule has 0 spiro atoms. The van der Waals surface area contributed by atoms with E-state index in [1.807, 2.05) is 31.2 Å². The monoisotopic (exact) mass is 413 g/mol. The molecule has 1 aliphatic rings. The number of aryl methyl sites for hydroxylation is 1. The zero-order valence-electron chi connectivity index (χ0n) is 16.6. The van der Waals surface area contributed by atoms with Crippen LogP contribution in [0.25, 0.3) is 5.69 Å². The highest BCUT2D eigenvalue weighted by molar-refractivity contribution is 6.04. The number of carbonyl (C=O) groups excluding carboxylic acids is 1. The number of nitrogens with zero attached hydrogens (tertiary/aromatic N) is 2. The molecule has 1 heterocycles. The normalized spacial score (nSPS) is 13.7. The second kappa shape index (κ2) is 7.97. The third kappa shape index (κ3) is 3.84. The van der Waals surface area contributed by atoms with Crippen LogP contribution in [0.4, 0.5) is 18.9 Å². The van der Waals surface area contributed by atoms with Gasteiger partial charge in [0.25, 0.3) is 5.91 Å². The number of hydrogen-bond donors (Lipinski definition) is 1. The molecule has 30 heavy (non-hydrogen) atoms. The van der Waals surface area contributed by atoms with Crippen molar-refractivity contribution in [3.05, 3.63) is 76.6 Å². The maximum absolute atomic E-state index is 13.4. The lowest BCUT2D eigenvalue weighted by molar-refractivity contribution is -0.142. The van der Waals surface area contributed by atoms with Crippen LogP contribution < -0.4 is 5.32 Å². The summed E-state index contributed by atoms with van der Waals surface area (Å²) in [5, 5.41) is 6.79. The predicted octanol–water partition coefficient (Wildman–Crippen LogP) is 5.58. The van der Waals surface area contributed by atoms with Gasteiger partial charge in [-0.15, -0.1) is 0 Å². The number of rotatable bonds is 4. The molecular formula is C23H22F3N3O. The molecule has 0 fully saturated rings. The highest BCUT2D eigenvalue weighted by atomic mass is 19.4. The molecule has 0 atom stereocenters. The molecule has 1 aromatic heterocycles. The average molecular weight is 413 g/mol. The van der Waals surface area contributed by atoms with Gasteiger partial charge in [0.2, 0.25) is 0 Å². The first-order valence-corrected chi connectivity index (χ1v) is 10.1. The molecule has 0 unspecified atom stereocenters. The lowest BCUT2D eigenvalue weighted by Gasteiger charge is -2.15. The van der Waals surface area contributed by atoms with Crippen molar-refractivity contribution < 1.29 is 18.0 Å². The summed E-state index contributed by atoms with van der Waals surface area (Å²) in [6.07, 6.45) is -1.15. The molecule has 0 radical (unpaired) electrons. The fourth-order valence-corrected chi connectivity index (χ4v) is 3.94. The van der Waals surface area contributed by atoms with Crippen molar-refractivity contribution in [2.24, 2.45) is 0 Å². The van der Waals surface area contributed by atoms with Crippen LogP contribution in [-0.4, -0.2) is 15.7 Å². The summed E-state index contributed by atoms with van der Waals surface area (Å²) < 4.78 is 41.6. The highest BCUT2D eigenvalue weighted by Gasteiger charge is 2.39. The van der Waals surface area contributed by atoms with Gasteiger partial charge in [0, 0.05) is 22.5 Å². The van der Waals surface area contributed by atoms with Crippen molar-refractivity contribution in [3.8, 4) is 5.69 Å². The molecule has 0 aliphatic heterocycles. The minimum absolute atomic E-state index is 0.263. The molecule has 1 aliphatic carbocycles. The standard InChI is InChI=1S/C23H22F3N3O/c1-2-15-7-3-5-9-19(15)27-22(30)16-11-13-17(14-12-16)29-20-10-6-4-8-18(20)21(28-29)23(24,25)26/h3,5,7,9,11-14H,2,4,6,8,10H2,1H3,(H,27,30). The van der Waals surface area contributed by atoms with Gasteiger partial charge < -0.3 is 5.32 Å². The zero-order valence-corrected chi connectivity index (χ0v) is 16.6. The molecule has 0 saturated heterocycles. The maximum atomic E-state index is 13.4. The van der Waals surface area contributed by atoms with Gasteiger partial charge in [-0.25, -0.2) is 4.68 Å². The summed E-state index contributed by atoms with van der Waals surface area (Å²) in [5.74, 6) is -0.263. The third-order valence-corrected chi connectivity index (χ3v) is 5.47. The van der Waals surface area contributed by atoms with Crippen molar-refractivity contribution in [2.45, 2.75) is 45.2 Å². The van der Waals surface area contributed by atoms with Crippen LogP contribution in [0.2, 0.25) is 0 Å². The van der Waals surface area contributed by atoms with Gasteiger partial charge in [-0.05, 0) is 68.0 Å². The number of hydrogen-bond acceptors (Lipinski definition) is 2. The number of carbonyl (C=O) groups is 1. The van der Waals surface area contributed by atoms with Crippen LogP contribution >= 0.6 is 0 Å². The van der Waals surface area contributed by atoms with Gasteiger partial charge in [-0.2, -0.15) is 18.3 Å². The first kappa shape index (κ1) is 20.2. The Labute approximate surface area is 172 Å². The Morgan fingerprint density at radius 1 is 1.07 bits per heavy atom. The first-order valence-electron chi connectivity index (χ1n) is 10.1. The summed E-state index contributed by atoms with van der Waals surface area (Å²) in [6.45, 7) is 2.01. The highest BCUT2D eigenvalue weighted by Crippen LogP contribution is 2.36. The Kier molecular flexibility index (Phi) is 5.37. The van der Waals surface area contributed by atoms with Gasteiger partial charge in [0.1, 0.15) is 0 Å². The topological polar surface area (TPSA) is 46.9 Å². The number of alkyl halides is 3. The number of aromatic nitrogens is 2. The molecule has 3 aromatic rings. The molecule has 1 N–H and O–H groups in total. The van der Waals surface area contributed by atoms with Crippen LogP contribution in [0.1, 0.15) is 52.6 Å². The van der Waals surface area contributed by atoms with Gasteiger partial charge in [0.05, 0.1) is 5.69 Å². The van der Waals surface area contributed by atoms with E-state index in [1.165, 1.54) is 4.68 Å². The quantitative estimate of drug-likeness (QED) is 0.607. The minimum atomic E-state index is -4.47. The second-order valence-electron chi connectivity index (χ2n) is 7.40. The van der Waals surface area contributed by atoms with Gasteiger partial charge >= 0.3 is 6.18 Å². The number of nitrogens with one attached hydrogen (secondary N) is 1. The Bertz CT molecular complexity index is 1070. The molecule has 7 heteroatoms. The number of anilines is 1. The third-order valence-electron chi connectivity index (χ3n) is 5.47. The van der Waals surface area contributed by atoms with Crippen LogP contribution in [-0.2, 0) is 25.4 Å². The molecule has 0 bridgehead atoms. The zero-order chi connectivity index (χ0) is 21.3. The van der Waals surface area contributed by atoms with E-state index in [0.717, 1.165) is 30.5 Å². The average Bonchev–Trinajstić information content (AvgIpc) is 3.14. The largest absolute Gasteiger partial charge is 0.435 e. The van der Waals surface area contributed by atoms with Crippen LogP contribution in [0.5, 0.6) is 0 Å². The van der Waals surface area contributed by atoms with E-state index in [2.05, 4.69) is 10.4 Å². The number of amides is 1. The number of benzene rings is 2. The fraction of sp³-hybridized carbons (Fsp3) is 0.304. The van der Waals surface area contributed by atoms with Gasteiger partial charge in [-0.1, -0.05) is 25.1 Å². The second-order valence-corrected chi connectivity index (χ2v) is 7.40. The van der Waals surface area contributed by atoms with E-state index in [0.29, 0.717) is 35.3 Å². The Hall–Kier alpha value is -3.09. The number of fused-ring (bicyclic) bond motifs is 1. The summed E-state index contributed by atoms with van der Waals surface area (Å²) in [4.78, 5) is 12.6. The Morgan fingerprint density at radius 2 is 1.77 bits per heavy atom. The van der Waals surface area contributed by atoms with E-state index >= 15 is 0 Å². The first-order chi connectivity index (χ1) is 14.4. The summed E-state index contributed by atoms with van der Waals surface area (Å²) in [5.41, 5.74) is 2.86. The molecule has 0 saturated carbocycles. The molecule has 156 valence electrons. The van der Waals surface area contributed by atoms with E-state index in [-0.39, 0.29) is 5.91 Å². The summed E-state index contributed by atoms with van der Waals surface area (Å²) in [7, 11) is 0. The SMILES string of the molecule is CCc1ccccc1NC(=O)c1ccc(-n2nc(C(F)(F)F)c3c2CCCC3)cc1.